The fraction of sp³-hybridized carbons (Fsp3) is 0.364. The maximum atomic E-state index is 14.0. The number of nitrogens with zero attached hydrogens (tertiary/aromatic N) is 7. The van der Waals surface area contributed by atoms with E-state index in [0.29, 0.717) is 48.9 Å². The summed E-state index contributed by atoms with van der Waals surface area (Å²) in [5.74, 6) is -0.840. The lowest BCUT2D eigenvalue weighted by Gasteiger charge is -2.41. The quantitative estimate of drug-likeness (QED) is 0.100. The molecular formula is C44H47N9O9. The average Bonchev–Trinajstić information content (AvgIpc) is 3.96. The van der Waals surface area contributed by atoms with E-state index < -0.39 is 17.9 Å². The van der Waals surface area contributed by atoms with Crippen LogP contribution in [0.3, 0.4) is 0 Å². The minimum absolute atomic E-state index is 0.144. The highest BCUT2D eigenvalue weighted by Gasteiger charge is 2.40. The van der Waals surface area contributed by atoms with Crippen molar-refractivity contribution in [3.8, 4) is 11.1 Å². The molecule has 5 aromatic rings. The van der Waals surface area contributed by atoms with Crippen LogP contribution >= 0.6 is 0 Å². The summed E-state index contributed by atoms with van der Waals surface area (Å²) < 4.78 is 24.0. The Bertz CT molecular complexity index is 2470. The number of aromatic nitrogens is 4. The number of carbonyl (C=O) groups excluding carboxylic acids is 5. The van der Waals surface area contributed by atoms with E-state index in [0.717, 1.165) is 39.4 Å². The number of carbonyl (C=O) groups is 5. The Morgan fingerprint density at radius 2 is 1.71 bits per heavy atom. The zero-order chi connectivity index (χ0) is 43.3. The zero-order valence-corrected chi connectivity index (χ0v) is 34.7. The Balaban J connectivity index is 0.763. The first-order valence-electron chi connectivity index (χ1n) is 20.4. The van der Waals surface area contributed by atoms with Gasteiger partial charge in [-0.2, -0.15) is 0 Å². The third-order valence-electron chi connectivity index (χ3n) is 11.2. The minimum Gasteiger partial charge on any atom is -0.377 e. The van der Waals surface area contributed by atoms with E-state index in [1.165, 1.54) is 4.90 Å². The van der Waals surface area contributed by atoms with E-state index in [9.17, 15) is 24.0 Å². The number of benzene rings is 3. The van der Waals surface area contributed by atoms with Crippen LogP contribution in [0.4, 0.5) is 16.2 Å². The van der Waals surface area contributed by atoms with Gasteiger partial charge in [0, 0.05) is 48.0 Å². The van der Waals surface area contributed by atoms with Crippen molar-refractivity contribution in [2.75, 3.05) is 56.9 Å². The number of piperidine rings is 1. The molecule has 6 amide bonds. The normalized spacial score (nSPS) is 17.4. The molecule has 322 valence electrons. The van der Waals surface area contributed by atoms with Crippen LogP contribution in [0.2, 0.25) is 0 Å². The summed E-state index contributed by atoms with van der Waals surface area (Å²) in [7, 11) is 1.78. The van der Waals surface area contributed by atoms with Crippen molar-refractivity contribution in [2.45, 2.75) is 58.4 Å². The van der Waals surface area contributed by atoms with Crippen LogP contribution in [0.5, 0.6) is 0 Å². The summed E-state index contributed by atoms with van der Waals surface area (Å²) >= 11 is 0. The van der Waals surface area contributed by atoms with Crippen molar-refractivity contribution in [3.05, 3.63) is 112 Å². The highest BCUT2D eigenvalue weighted by atomic mass is 16.5. The number of rotatable bonds is 17. The van der Waals surface area contributed by atoms with Gasteiger partial charge in [-0.15, -0.1) is 5.10 Å². The predicted octanol–water partition coefficient (Wildman–Crippen LogP) is 4.16. The molecule has 0 saturated carbocycles. The van der Waals surface area contributed by atoms with E-state index >= 15 is 0 Å². The minimum atomic E-state index is -0.746. The lowest BCUT2D eigenvalue weighted by Crippen LogP contribution is -2.52. The zero-order valence-electron chi connectivity index (χ0n) is 34.7. The van der Waals surface area contributed by atoms with Crippen molar-refractivity contribution in [1.29, 1.82) is 0 Å². The number of urea groups is 1. The van der Waals surface area contributed by atoms with Crippen LogP contribution in [0.15, 0.2) is 77.4 Å². The number of anilines is 2. The lowest BCUT2D eigenvalue weighted by atomic mass is 9.90. The van der Waals surface area contributed by atoms with Crippen LogP contribution < -0.4 is 15.5 Å². The molecule has 18 heteroatoms. The lowest BCUT2D eigenvalue weighted by molar-refractivity contribution is -0.137. The Hall–Kier alpha value is -6.76. The van der Waals surface area contributed by atoms with Crippen molar-refractivity contribution in [2.24, 2.45) is 0 Å². The maximum Gasteiger partial charge on any atom is 0.325 e. The number of nitrogens with one attached hydrogen (secondary N) is 2. The van der Waals surface area contributed by atoms with Gasteiger partial charge in [0.2, 0.25) is 17.7 Å². The maximum absolute atomic E-state index is 14.0. The van der Waals surface area contributed by atoms with E-state index in [1.54, 1.807) is 34.8 Å². The molecule has 8 rings (SSSR count). The number of amides is 6. The number of hydrogen-bond donors (Lipinski definition) is 2. The van der Waals surface area contributed by atoms with Crippen molar-refractivity contribution < 1.29 is 42.7 Å². The highest BCUT2D eigenvalue weighted by molar-refractivity contribution is 6.07. The third-order valence-corrected chi connectivity index (χ3v) is 11.2. The van der Waals surface area contributed by atoms with Gasteiger partial charge < -0.3 is 33.9 Å². The molecule has 2 unspecified atom stereocenters. The van der Waals surface area contributed by atoms with Crippen LogP contribution in [0.1, 0.15) is 63.1 Å². The summed E-state index contributed by atoms with van der Waals surface area (Å²) in [5.41, 5.74) is 7.58. The molecule has 2 N–H and O–H groups in total. The Morgan fingerprint density at radius 3 is 2.47 bits per heavy atom. The van der Waals surface area contributed by atoms with Crippen LogP contribution in [-0.4, -0.2) is 112 Å². The van der Waals surface area contributed by atoms with Crippen molar-refractivity contribution >= 4 is 41.0 Å². The molecule has 2 atom stereocenters. The van der Waals surface area contributed by atoms with Gasteiger partial charge in [-0.3, -0.25) is 29.4 Å². The first-order chi connectivity index (χ1) is 30.1. The smallest absolute Gasteiger partial charge is 0.325 e. The molecule has 0 spiro atoms. The molecule has 1 fully saturated rings. The van der Waals surface area contributed by atoms with Crippen LogP contribution in [0.25, 0.3) is 11.1 Å². The molecule has 2 aromatic heterocycles. The molecule has 5 heterocycles. The summed E-state index contributed by atoms with van der Waals surface area (Å²) in [6.45, 7) is 5.85. The molecule has 3 aliphatic rings. The Labute approximate surface area is 357 Å². The topological polar surface area (TPSA) is 204 Å². The van der Waals surface area contributed by atoms with Gasteiger partial charge in [0.1, 0.15) is 24.1 Å². The number of aryl methyl sites for hydroxylation is 2. The second kappa shape index (κ2) is 18.5. The summed E-state index contributed by atoms with van der Waals surface area (Å²) in [5, 5.41) is 17.9. The number of ether oxygens (including phenoxy) is 3. The van der Waals surface area contributed by atoms with Gasteiger partial charge in [-0.25, -0.2) is 9.48 Å². The highest BCUT2D eigenvalue weighted by Crippen LogP contribution is 2.43. The molecular weight excluding hydrogens is 799 g/mol. The standard InChI is InChI=1S/C44H47N9O9/c1-27-40(28(2)62-48-27)30-12-13-36-33(22-30)41(29-8-5-4-6-9-29)53(44(58)50(36)3)24-31-23-51(49-47-31)16-17-59-18-19-60-20-21-61-26-39(55)45-35-11-7-10-32-34(35)25-52(43(32)57)37-14-15-38(54)46-42(37)56/h4-13,22-23,37,41H,14-21,24-26H2,1-3H3,(H,45,55)(H,46,54,56). The second-order valence-electron chi connectivity index (χ2n) is 15.3. The van der Waals surface area contributed by atoms with Crippen LogP contribution in [0, 0.1) is 13.8 Å². The second-order valence-corrected chi connectivity index (χ2v) is 15.3. The SMILES string of the molecule is Cc1noc(C)c1-c1ccc2c(c1)C(c1ccccc1)N(Cc1cn(CCOCCOCCOCC(=O)Nc3cccc4c3CN(C3CCC(=O)NC3=O)C4=O)nn1)C(=O)N2C. The van der Waals surface area contributed by atoms with E-state index in [1.807, 2.05) is 67.4 Å². The largest absolute Gasteiger partial charge is 0.377 e. The number of hydrogen-bond acceptors (Lipinski definition) is 12. The van der Waals surface area contributed by atoms with Gasteiger partial charge >= 0.3 is 6.03 Å². The van der Waals surface area contributed by atoms with Crippen LogP contribution in [-0.2, 0) is 48.2 Å². The van der Waals surface area contributed by atoms with Gasteiger partial charge in [-0.05, 0) is 55.7 Å². The molecule has 1 saturated heterocycles. The monoisotopic (exact) mass is 845 g/mol. The summed E-state index contributed by atoms with van der Waals surface area (Å²) in [4.78, 5) is 68.6. The van der Waals surface area contributed by atoms with Gasteiger partial charge in [0.05, 0.1) is 69.7 Å². The number of fused-ring (bicyclic) bond motifs is 2. The van der Waals surface area contributed by atoms with E-state index in [-0.39, 0.29) is 69.6 Å². The fourth-order valence-corrected chi connectivity index (χ4v) is 8.20. The molecule has 62 heavy (non-hydrogen) atoms. The summed E-state index contributed by atoms with van der Waals surface area (Å²) in [6.07, 6.45) is 2.23. The Morgan fingerprint density at radius 1 is 0.935 bits per heavy atom. The van der Waals surface area contributed by atoms with Crippen molar-refractivity contribution in [3.63, 3.8) is 0 Å². The first kappa shape index (κ1) is 42.0. The molecule has 0 bridgehead atoms. The van der Waals surface area contributed by atoms with Crippen molar-refractivity contribution in [1.82, 2.24) is 35.3 Å². The first-order valence-corrected chi connectivity index (χ1v) is 20.4. The molecule has 0 radical (unpaired) electrons. The van der Waals surface area contributed by atoms with E-state index in [2.05, 4.69) is 32.2 Å². The summed E-state index contributed by atoms with van der Waals surface area (Å²) in [6, 6.07) is 19.8. The Kier molecular flexibility index (Phi) is 12.5. The van der Waals surface area contributed by atoms with Gasteiger partial charge in [-0.1, -0.05) is 52.8 Å². The molecule has 3 aliphatic heterocycles. The third kappa shape index (κ3) is 8.83. The molecule has 3 aromatic carbocycles. The van der Waals surface area contributed by atoms with E-state index in [4.69, 9.17) is 18.7 Å². The number of imide groups is 1. The average molecular weight is 846 g/mol. The molecule has 18 nitrogen and oxygen atoms in total. The molecule has 0 aliphatic carbocycles. The van der Waals surface area contributed by atoms with Gasteiger partial charge in [0.25, 0.3) is 5.91 Å². The fourth-order valence-electron chi connectivity index (χ4n) is 8.20. The van der Waals surface area contributed by atoms with Gasteiger partial charge in [0.15, 0.2) is 0 Å². The predicted molar refractivity (Wildman–Crippen MR) is 223 cm³/mol.